The van der Waals surface area contributed by atoms with Gasteiger partial charge in [0.1, 0.15) is 0 Å². The fraction of sp³-hybridized carbons (Fsp3) is 0.429. The van der Waals surface area contributed by atoms with E-state index in [0.29, 0.717) is 6.04 Å². The average molecular weight is 238 g/mol. The van der Waals surface area contributed by atoms with Crippen LogP contribution in [0, 0.1) is 6.92 Å². The summed E-state index contributed by atoms with van der Waals surface area (Å²) in [5.74, 6) is 0. The van der Waals surface area contributed by atoms with E-state index in [0.717, 1.165) is 24.4 Å². The molecule has 0 amide bonds. The highest BCUT2D eigenvalue weighted by Crippen LogP contribution is 2.27. The number of halogens is 1. The van der Waals surface area contributed by atoms with Gasteiger partial charge in [-0.15, -0.1) is 6.58 Å². The van der Waals surface area contributed by atoms with Gasteiger partial charge in [0.2, 0.25) is 0 Å². The van der Waals surface area contributed by atoms with Gasteiger partial charge in [-0.3, -0.25) is 0 Å². The topological polar surface area (TPSA) is 12.0 Å². The number of rotatable bonds is 6. The summed E-state index contributed by atoms with van der Waals surface area (Å²) in [6, 6.07) is 6.58. The fourth-order valence-electron chi connectivity index (χ4n) is 1.81. The van der Waals surface area contributed by atoms with Crippen LogP contribution in [0.15, 0.2) is 30.9 Å². The lowest BCUT2D eigenvalue weighted by atomic mass is 10.0. The van der Waals surface area contributed by atoms with E-state index >= 15 is 0 Å². The Kier molecular flexibility index (Phi) is 5.58. The van der Waals surface area contributed by atoms with Gasteiger partial charge in [-0.2, -0.15) is 0 Å². The second-order valence-corrected chi connectivity index (χ2v) is 4.41. The van der Waals surface area contributed by atoms with E-state index in [1.54, 1.807) is 0 Å². The normalized spacial score (nSPS) is 12.4. The number of benzene rings is 1. The van der Waals surface area contributed by atoms with E-state index in [-0.39, 0.29) is 0 Å². The molecule has 1 rings (SSSR count). The Labute approximate surface area is 104 Å². The molecule has 1 nitrogen and oxygen atoms in total. The van der Waals surface area contributed by atoms with Crippen LogP contribution in [0.3, 0.4) is 0 Å². The van der Waals surface area contributed by atoms with Crippen molar-refractivity contribution >= 4 is 11.6 Å². The highest BCUT2D eigenvalue weighted by molar-refractivity contribution is 6.31. The number of aryl methyl sites for hydroxylation is 1. The van der Waals surface area contributed by atoms with E-state index in [2.05, 4.69) is 37.9 Å². The summed E-state index contributed by atoms with van der Waals surface area (Å²) in [6.07, 6.45) is 3.99. The van der Waals surface area contributed by atoms with Crippen molar-refractivity contribution in [1.82, 2.24) is 5.32 Å². The van der Waals surface area contributed by atoms with Gasteiger partial charge in [-0.1, -0.05) is 36.7 Å². The predicted octanol–water partition coefficient (Wildman–Crippen LogP) is 4.27. The summed E-state index contributed by atoms with van der Waals surface area (Å²) >= 11 is 6.27. The standard InChI is InChI=1S/C14H20ClN/c1-4-6-7-14(16-5-2)12-9-8-11(3)10-13(12)15/h4,8-10,14,16H,1,5-7H2,2-3H3. The van der Waals surface area contributed by atoms with Crippen molar-refractivity contribution in [3.63, 3.8) is 0 Å². The van der Waals surface area contributed by atoms with E-state index in [4.69, 9.17) is 11.6 Å². The van der Waals surface area contributed by atoms with Crippen LogP contribution in [0.5, 0.6) is 0 Å². The van der Waals surface area contributed by atoms with Gasteiger partial charge in [-0.25, -0.2) is 0 Å². The van der Waals surface area contributed by atoms with Gasteiger partial charge in [0.25, 0.3) is 0 Å². The molecule has 0 fully saturated rings. The number of nitrogens with one attached hydrogen (secondary N) is 1. The van der Waals surface area contributed by atoms with E-state index in [9.17, 15) is 0 Å². The first kappa shape index (κ1) is 13.3. The summed E-state index contributed by atoms with van der Waals surface area (Å²) in [4.78, 5) is 0. The van der Waals surface area contributed by atoms with Crippen molar-refractivity contribution in [2.24, 2.45) is 0 Å². The molecule has 1 atom stereocenters. The maximum atomic E-state index is 6.27. The second-order valence-electron chi connectivity index (χ2n) is 4.00. The van der Waals surface area contributed by atoms with Crippen LogP contribution >= 0.6 is 11.6 Å². The molecule has 0 aliphatic rings. The van der Waals surface area contributed by atoms with Gasteiger partial charge >= 0.3 is 0 Å². The molecule has 1 N–H and O–H groups in total. The molecular weight excluding hydrogens is 218 g/mol. The maximum absolute atomic E-state index is 6.27. The Morgan fingerprint density at radius 1 is 1.50 bits per heavy atom. The Hall–Kier alpha value is -0.790. The molecule has 0 aromatic heterocycles. The number of hydrogen-bond donors (Lipinski definition) is 1. The van der Waals surface area contributed by atoms with Gasteiger partial charge < -0.3 is 5.32 Å². The van der Waals surface area contributed by atoms with Crippen molar-refractivity contribution in [3.8, 4) is 0 Å². The molecule has 1 unspecified atom stereocenters. The molecule has 16 heavy (non-hydrogen) atoms. The van der Waals surface area contributed by atoms with Crippen LogP contribution in [-0.4, -0.2) is 6.54 Å². The highest BCUT2D eigenvalue weighted by atomic mass is 35.5. The zero-order chi connectivity index (χ0) is 12.0. The highest BCUT2D eigenvalue weighted by Gasteiger charge is 2.12. The first-order valence-electron chi connectivity index (χ1n) is 5.79. The van der Waals surface area contributed by atoms with Crippen LogP contribution in [0.25, 0.3) is 0 Å². The van der Waals surface area contributed by atoms with Crippen molar-refractivity contribution in [2.45, 2.75) is 32.7 Å². The summed E-state index contributed by atoms with van der Waals surface area (Å²) < 4.78 is 0. The molecular formula is C14H20ClN. The molecule has 1 aromatic rings. The zero-order valence-electron chi connectivity index (χ0n) is 10.1. The third kappa shape index (κ3) is 3.66. The minimum absolute atomic E-state index is 0.330. The van der Waals surface area contributed by atoms with Gasteiger partial charge in [0.05, 0.1) is 0 Å². The second kappa shape index (κ2) is 6.72. The maximum Gasteiger partial charge on any atom is 0.0456 e. The van der Waals surface area contributed by atoms with E-state index in [1.807, 2.05) is 12.1 Å². The molecule has 0 aliphatic heterocycles. The van der Waals surface area contributed by atoms with Gasteiger partial charge in [-0.05, 0) is 43.5 Å². The Morgan fingerprint density at radius 3 is 2.81 bits per heavy atom. The summed E-state index contributed by atoms with van der Waals surface area (Å²) in [7, 11) is 0. The molecule has 0 aliphatic carbocycles. The van der Waals surface area contributed by atoms with Gasteiger partial charge in [0, 0.05) is 11.1 Å². The smallest absolute Gasteiger partial charge is 0.0456 e. The minimum atomic E-state index is 0.330. The Balaban J connectivity index is 2.86. The zero-order valence-corrected chi connectivity index (χ0v) is 10.8. The Bertz CT molecular complexity index is 347. The lowest BCUT2D eigenvalue weighted by Crippen LogP contribution is -2.21. The molecule has 0 heterocycles. The average Bonchev–Trinajstić information content (AvgIpc) is 2.25. The first-order valence-corrected chi connectivity index (χ1v) is 6.17. The summed E-state index contributed by atoms with van der Waals surface area (Å²) in [6.45, 7) is 8.88. The largest absolute Gasteiger partial charge is 0.310 e. The molecule has 2 heteroatoms. The van der Waals surface area contributed by atoms with E-state index < -0.39 is 0 Å². The number of hydrogen-bond acceptors (Lipinski definition) is 1. The molecule has 0 saturated heterocycles. The molecule has 1 aromatic carbocycles. The van der Waals surface area contributed by atoms with Crippen LogP contribution < -0.4 is 5.32 Å². The van der Waals surface area contributed by atoms with Crippen molar-refractivity contribution in [3.05, 3.63) is 47.0 Å². The first-order chi connectivity index (χ1) is 7.69. The molecule has 88 valence electrons. The SMILES string of the molecule is C=CCCC(NCC)c1ccc(C)cc1Cl. The van der Waals surface area contributed by atoms with Crippen molar-refractivity contribution in [2.75, 3.05) is 6.54 Å². The van der Waals surface area contributed by atoms with Crippen LogP contribution in [-0.2, 0) is 0 Å². The predicted molar refractivity (Wildman–Crippen MR) is 72.0 cm³/mol. The van der Waals surface area contributed by atoms with Crippen LogP contribution in [0.4, 0.5) is 0 Å². The summed E-state index contributed by atoms with van der Waals surface area (Å²) in [5, 5.41) is 4.32. The van der Waals surface area contributed by atoms with Crippen LogP contribution in [0.1, 0.15) is 36.9 Å². The minimum Gasteiger partial charge on any atom is -0.310 e. The lowest BCUT2D eigenvalue weighted by molar-refractivity contribution is 0.520. The van der Waals surface area contributed by atoms with E-state index in [1.165, 1.54) is 11.1 Å². The fourth-order valence-corrected chi connectivity index (χ4v) is 2.18. The quantitative estimate of drug-likeness (QED) is 0.729. The molecule has 0 spiro atoms. The third-order valence-electron chi connectivity index (χ3n) is 2.64. The molecule has 0 radical (unpaired) electrons. The van der Waals surface area contributed by atoms with Crippen molar-refractivity contribution in [1.29, 1.82) is 0 Å². The molecule has 0 bridgehead atoms. The molecule has 0 saturated carbocycles. The van der Waals surface area contributed by atoms with Gasteiger partial charge in [0.15, 0.2) is 0 Å². The lowest BCUT2D eigenvalue weighted by Gasteiger charge is -2.19. The summed E-state index contributed by atoms with van der Waals surface area (Å²) in [5.41, 5.74) is 2.39. The number of allylic oxidation sites excluding steroid dienone is 1. The Morgan fingerprint density at radius 2 is 2.25 bits per heavy atom. The van der Waals surface area contributed by atoms with Crippen molar-refractivity contribution < 1.29 is 0 Å². The van der Waals surface area contributed by atoms with Crippen LogP contribution in [0.2, 0.25) is 5.02 Å². The third-order valence-corrected chi connectivity index (χ3v) is 2.97. The monoisotopic (exact) mass is 237 g/mol.